The number of hydrogen-bond donors (Lipinski definition) is 8. The van der Waals surface area contributed by atoms with Crippen LogP contribution in [-0.4, -0.2) is 69.5 Å². The lowest BCUT2D eigenvalue weighted by Gasteiger charge is -2.22. The van der Waals surface area contributed by atoms with E-state index in [1.165, 1.54) is 0 Å². The zero-order valence-corrected chi connectivity index (χ0v) is 18.5. The van der Waals surface area contributed by atoms with Crippen molar-refractivity contribution in [3.05, 3.63) is 12.2 Å². The average molecular weight is 464 g/mol. The topological polar surface area (TPSA) is 243 Å². The predicted octanol–water partition coefficient (Wildman–Crippen LogP) is -1.80. The molecule has 0 aliphatic heterocycles. The van der Waals surface area contributed by atoms with Crippen LogP contribution in [0.2, 0.25) is 0 Å². The number of allylic oxidation sites excluding steroid dienone is 1. The number of hydrogen-bond acceptors (Lipinski definition) is 6. The molecule has 0 spiro atoms. The fourth-order valence-corrected chi connectivity index (χ4v) is 2.84. The molecule has 31 heavy (non-hydrogen) atoms. The zero-order valence-electron chi connectivity index (χ0n) is 17.6. The summed E-state index contributed by atoms with van der Waals surface area (Å²) in [5.74, 6) is -2.81. The van der Waals surface area contributed by atoms with E-state index in [4.69, 9.17) is 27.0 Å². The second-order valence-corrected chi connectivity index (χ2v) is 9.04. The molecule has 0 aromatic rings. The number of carboxylic acids is 1. The van der Waals surface area contributed by atoms with Crippen molar-refractivity contribution in [3.8, 4) is 0 Å². The second-order valence-electron chi connectivity index (χ2n) is 7.35. The molecule has 0 aromatic heterocycles. The van der Waals surface area contributed by atoms with Gasteiger partial charge in [0.05, 0.1) is 12.2 Å². The molecular formula is C17H33N6O7P. The monoisotopic (exact) mass is 464 g/mol. The Morgan fingerprint density at radius 1 is 1.13 bits per heavy atom. The molecule has 0 aliphatic carbocycles. The minimum Gasteiger partial charge on any atom is -0.479 e. The molecule has 3 unspecified atom stereocenters. The number of rotatable bonds is 14. The van der Waals surface area contributed by atoms with Crippen molar-refractivity contribution < 1.29 is 33.8 Å². The van der Waals surface area contributed by atoms with Gasteiger partial charge in [0.2, 0.25) is 11.8 Å². The molecule has 0 bridgehead atoms. The van der Waals surface area contributed by atoms with Crippen LogP contribution >= 0.6 is 7.60 Å². The normalized spacial score (nSPS) is 14.6. The first kappa shape index (κ1) is 28.5. The van der Waals surface area contributed by atoms with E-state index in [9.17, 15) is 24.1 Å². The van der Waals surface area contributed by atoms with Crippen molar-refractivity contribution >= 4 is 31.3 Å². The summed E-state index contributed by atoms with van der Waals surface area (Å²) in [5, 5.41) is 14.0. The summed E-state index contributed by atoms with van der Waals surface area (Å²) >= 11 is 0. The largest absolute Gasteiger partial charge is 0.479 e. The Morgan fingerprint density at radius 2 is 1.74 bits per heavy atom. The molecular weight excluding hydrogens is 431 g/mol. The number of nitrogens with zero attached hydrogens (tertiary/aromatic N) is 1. The highest BCUT2D eigenvalue weighted by molar-refractivity contribution is 7.51. The highest BCUT2D eigenvalue weighted by Gasteiger charge is 2.27. The van der Waals surface area contributed by atoms with Crippen molar-refractivity contribution in [2.45, 2.75) is 51.2 Å². The molecule has 2 amide bonds. The van der Waals surface area contributed by atoms with Crippen LogP contribution in [0, 0.1) is 5.92 Å². The Morgan fingerprint density at radius 3 is 2.23 bits per heavy atom. The Balaban J connectivity index is 5.29. The lowest BCUT2D eigenvalue weighted by molar-refractivity contribution is -0.140. The smallest absolute Gasteiger partial charge is 0.330 e. The number of carboxylic acid groups (broad SMARTS) is 1. The van der Waals surface area contributed by atoms with Gasteiger partial charge < -0.3 is 42.7 Å². The van der Waals surface area contributed by atoms with Gasteiger partial charge in [0, 0.05) is 6.54 Å². The van der Waals surface area contributed by atoms with Gasteiger partial charge >= 0.3 is 13.6 Å². The molecule has 0 rings (SSSR count). The fourth-order valence-electron chi connectivity index (χ4n) is 2.45. The van der Waals surface area contributed by atoms with E-state index >= 15 is 0 Å². The Labute approximate surface area is 180 Å². The van der Waals surface area contributed by atoms with E-state index in [1.807, 2.05) is 13.8 Å². The molecule has 0 aliphatic rings. The third-order valence-corrected chi connectivity index (χ3v) is 4.56. The standard InChI is InChI=1S/C17H33N6O7P/c1-10(2)9-11(18)14(24)22-12(5-3-7-21-17(19)20)15(25)23-13(16(26)27)6-4-8-31(28,29)30/h4,6,10-13H,3,5,7-9,18H2,1-2H3,(H,22,24)(H,23,25)(H,26,27)(H4,19,20,21)(H2,28,29,30)/b6-4+. The molecule has 11 N–H and O–H groups in total. The van der Waals surface area contributed by atoms with E-state index in [0.29, 0.717) is 12.8 Å². The molecule has 3 atom stereocenters. The number of nitrogens with one attached hydrogen (secondary N) is 2. The van der Waals surface area contributed by atoms with Crippen LogP contribution in [0.25, 0.3) is 0 Å². The Kier molecular flexibility index (Phi) is 12.7. The van der Waals surface area contributed by atoms with Crippen LogP contribution < -0.4 is 27.8 Å². The average Bonchev–Trinajstić information content (AvgIpc) is 2.61. The van der Waals surface area contributed by atoms with Gasteiger partial charge in [-0.25, -0.2) is 4.79 Å². The summed E-state index contributed by atoms with van der Waals surface area (Å²) in [7, 11) is -4.37. The Bertz CT molecular complexity index is 718. The molecule has 13 nitrogen and oxygen atoms in total. The highest BCUT2D eigenvalue weighted by atomic mass is 31.2. The van der Waals surface area contributed by atoms with Crippen LogP contribution in [0.5, 0.6) is 0 Å². The first-order valence-electron chi connectivity index (χ1n) is 9.58. The fraction of sp³-hybridized carbons (Fsp3) is 0.647. The third kappa shape index (κ3) is 14.2. The van der Waals surface area contributed by atoms with E-state index in [1.54, 1.807) is 0 Å². The van der Waals surface area contributed by atoms with Crippen molar-refractivity contribution in [3.63, 3.8) is 0 Å². The summed E-state index contributed by atoms with van der Waals surface area (Å²) in [5.41, 5.74) is 16.3. The maximum Gasteiger partial charge on any atom is 0.330 e. The molecule has 0 saturated carbocycles. The van der Waals surface area contributed by atoms with Crippen molar-refractivity contribution in [1.29, 1.82) is 0 Å². The molecule has 0 saturated heterocycles. The van der Waals surface area contributed by atoms with Crippen LogP contribution in [0.3, 0.4) is 0 Å². The van der Waals surface area contributed by atoms with Crippen molar-refractivity contribution in [2.24, 2.45) is 28.1 Å². The number of nitrogens with two attached hydrogens (primary N) is 3. The molecule has 178 valence electrons. The van der Waals surface area contributed by atoms with Gasteiger partial charge in [-0.1, -0.05) is 26.0 Å². The number of carbonyl (C=O) groups excluding carboxylic acids is 2. The van der Waals surface area contributed by atoms with Gasteiger partial charge in [0.25, 0.3) is 0 Å². The number of amides is 2. The van der Waals surface area contributed by atoms with Gasteiger partial charge in [-0.3, -0.25) is 19.1 Å². The quantitative estimate of drug-likeness (QED) is 0.0471. The van der Waals surface area contributed by atoms with E-state index in [0.717, 1.165) is 12.2 Å². The SMILES string of the molecule is CC(C)CC(N)C(=O)NC(CCCN=C(N)N)C(=O)NC(/C=C/CP(=O)(O)O)C(=O)O. The maximum absolute atomic E-state index is 12.6. The van der Waals surface area contributed by atoms with E-state index in [2.05, 4.69) is 15.6 Å². The van der Waals surface area contributed by atoms with Gasteiger partial charge in [-0.05, 0) is 25.2 Å². The molecule has 0 aromatic carbocycles. The second kappa shape index (κ2) is 13.8. The third-order valence-electron chi connectivity index (χ3n) is 3.88. The predicted molar refractivity (Wildman–Crippen MR) is 115 cm³/mol. The van der Waals surface area contributed by atoms with E-state index in [-0.39, 0.29) is 24.8 Å². The highest BCUT2D eigenvalue weighted by Crippen LogP contribution is 2.33. The molecule has 0 radical (unpaired) electrons. The van der Waals surface area contributed by atoms with Crippen LogP contribution in [0.1, 0.15) is 33.1 Å². The van der Waals surface area contributed by atoms with Crippen LogP contribution in [0.15, 0.2) is 17.1 Å². The van der Waals surface area contributed by atoms with E-state index < -0.39 is 49.7 Å². The first-order valence-corrected chi connectivity index (χ1v) is 11.4. The minimum atomic E-state index is -4.37. The molecule has 14 heteroatoms. The first-order chi connectivity index (χ1) is 14.2. The van der Waals surface area contributed by atoms with Crippen LogP contribution in [-0.2, 0) is 18.9 Å². The summed E-state index contributed by atoms with van der Waals surface area (Å²) in [6.07, 6.45) is 2.02. The van der Waals surface area contributed by atoms with Crippen molar-refractivity contribution in [1.82, 2.24) is 10.6 Å². The minimum absolute atomic E-state index is 0.0985. The van der Waals surface area contributed by atoms with Crippen LogP contribution in [0.4, 0.5) is 0 Å². The van der Waals surface area contributed by atoms with Crippen molar-refractivity contribution in [2.75, 3.05) is 12.7 Å². The van der Waals surface area contributed by atoms with Gasteiger partial charge in [-0.15, -0.1) is 0 Å². The van der Waals surface area contributed by atoms with Gasteiger partial charge in [0.15, 0.2) is 5.96 Å². The number of aliphatic imine (C=N–C) groups is 1. The summed E-state index contributed by atoms with van der Waals surface area (Å²) in [6.45, 7) is 3.95. The van der Waals surface area contributed by atoms with Gasteiger partial charge in [0.1, 0.15) is 12.1 Å². The molecule has 0 fully saturated rings. The van der Waals surface area contributed by atoms with Gasteiger partial charge in [-0.2, -0.15) is 0 Å². The summed E-state index contributed by atoms with van der Waals surface area (Å²) in [6, 6.07) is -3.52. The summed E-state index contributed by atoms with van der Waals surface area (Å²) in [4.78, 5) is 57.8. The maximum atomic E-state index is 12.6. The number of aliphatic carboxylic acids is 1. The zero-order chi connectivity index (χ0) is 24.2. The summed E-state index contributed by atoms with van der Waals surface area (Å²) < 4.78 is 10.9. The Hall–Kier alpha value is -2.47. The lowest BCUT2D eigenvalue weighted by atomic mass is 10.0. The lowest BCUT2D eigenvalue weighted by Crippen LogP contribution is -2.54. The number of guanidine groups is 1. The number of carbonyl (C=O) groups is 3. The molecule has 0 heterocycles.